The van der Waals surface area contributed by atoms with Gasteiger partial charge in [0.05, 0.1) is 6.33 Å². The zero-order chi connectivity index (χ0) is 22.5. The summed E-state index contributed by atoms with van der Waals surface area (Å²) in [4.78, 5) is 7.75. The summed E-state index contributed by atoms with van der Waals surface area (Å²) < 4.78 is 0. The Balaban J connectivity index is 1.27. The highest BCUT2D eigenvalue weighted by molar-refractivity contribution is 5.13. The van der Waals surface area contributed by atoms with Crippen molar-refractivity contribution in [3.05, 3.63) is 18.2 Å². The van der Waals surface area contributed by atoms with Crippen molar-refractivity contribution in [3.63, 3.8) is 0 Å². The van der Waals surface area contributed by atoms with Crippen molar-refractivity contribution in [1.82, 2.24) is 9.97 Å². The molecule has 0 radical (unpaired) electrons. The third-order valence-electron chi connectivity index (χ3n) is 11.8. The molecule has 1 aromatic heterocycles. The van der Waals surface area contributed by atoms with Crippen LogP contribution < -0.4 is 0 Å². The van der Waals surface area contributed by atoms with Crippen molar-refractivity contribution in [2.75, 3.05) is 0 Å². The number of hydrogen-bond donors (Lipinski definition) is 1. The standard InChI is InChI=1S/C30H50N2/c1-20(2)7-6-8-21(3)25-11-12-26-24-10-9-23-17-22(28-18-31-19-32-28)13-15-29(23,4)27(24)14-16-30(25,26)5/h18-27H,6-17H2,1-5H3,(H,31,32)/t21-,22?,23?,24?,25-,26?,27?,29+,30-/m1/s1. The first-order valence-corrected chi connectivity index (χ1v) is 14.3. The van der Waals surface area contributed by atoms with Gasteiger partial charge in [-0.05, 0) is 110 Å². The fraction of sp³-hybridized carbons (Fsp3) is 0.900. The van der Waals surface area contributed by atoms with Crippen LogP contribution in [-0.2, 0) is 0 Å². The Bertz CT molecular complexity index is 753. The van der Waals surface area contributed by atoms with Crippen molar-refractivity contribution in [2.24, 2.45) is 52.3 Å². The first-order chi connectivity index (χ1) is 15.3. The van der Waals surface area contributed by atoms with E-state index in [1.165, 1.54) is 82.7 Å². The highest BCUT2D eigenvalue weighted by Gasteiger charge is 2.60. The van der Waals surface area contributed by atoms with E-state index in [0.717, 1.165) is 47.3 Å². The Labute approximate surface area is 198 Å². The van der Waals surface area contributed by atoms with Gasteiger partial charge in [0.2, 0.25) is 0 Å². The quantitative estimate of drug-likeness (QED) is 0.473. The van der Waals surface area contributed by atoms with Gasteiger partial charge in [-0.15, -0.1) is 0 Å². The predicted molar refractivity (Wildman–Crippen MR) is 134 cm³/mol. The van der Waals surface area contributed by atoms with Gasteiger partial charge in [0.15, 0.2) is 0 Å². The summed E-state index contributed by atoms with van der Waals surface area (Å²) in [5.74, 6) is 7.47. The van der Waals surface area contributed by atoms with E-state index in [1.807, 2.05) is 6.33 Å². The molecular formula is C30H50N2. The monoisotopic (exact) mass is 438 g/mol. The molecule has 0 saturated heterocycles. The summed E-state index contributed by atoms with van der Waals surface area (Å²) in [5.41, 5.74) is 2.63. The molecular weight excluding hydrogens is 388 g/mol. The zero-order valence-corrected chi connectivity index (χ0v) is 21.7. The van der Waals surface area contributed by atoms with Crippen molar-refractivity contribution in [1.29, 1.82) is 0 Å². The summed E-state index contributed by atoms with van der Waals surface area (Å²) in [6.07, 6.45) is 21.6. The number of fused-ring (bicyclic) bond motifs is 5. The number of hydrogen-bond acceptors (Lipinski definition) is 1. The summed E-state index contributed by atoms with van der Waals surface area (Å²) >= 11 is 0. The number of aromatic nitrogens is 2. The van der Waals surface area contributed by atoms with Crippen LogP contribution in [0.3, 0.4) is 0 Å². The molecule has 4 fully saturated rings. The topological polar surface area (TPSA) is 28.7 Å². The Kier molecular flexibility index (Phi) is 6.30. The number of nitrogens with zero attached hydrogens (tertiary/aromatic N) is 1. The molecule has 0 amide bonds. The number of nitrogens with one attached hydrogen (secondary N) is 1. The largest absolute Gasteiger partial charge is 0.348 e. The second kappa shape index (κ2) is 8.77. The number of imidazole rings is 1. The van der Waals surface area contributed by atoms with E-state index in [0.29, 0.717) is 10.8 Å². The first-order valence-electron chi connectivity index (χ1n) is 14.3. The summed E-state index contributed by atoms with van der Waals surface area (Å²) in [7, 11) is 0. The molecule has 1 aromatic rings. The van der Waals surface area contributed by atoms with E-state index < -0.39 is 0 Å². The molecule has 4 aliphatic carbocycles. The van der Waals surface area contributed by atoms with Crippen LogP contribution in [0.2, 0.25) is 0 Å². The molecule has 0 bridgehead atoms. The smallest absolute Gasteiger partial charge is 0.0921 e. The van der Waals surface area contributed by atoms with Gasteiger partial charge in [0.1, 0.15) is 0 Å². The van der Waals surface area contributed by atoms with Crippen molar-refractivity contribution in [3.8, 4) is 0 Å². The second-order valence-electron chi connectivity index (χ2n) is 13.7. The van der Waals surface area contributed by atoms with Gasteiger partial charge in [-0.2, -0.15) is 0 Å². The van der Waals surface area contributed by atoms with Gasteiger partial charge >= 0.3 is 0 Å². The fourth-order valence-corrected chi connectivity index (χ4v) is 10.1. The van der Waals surface area contributed by atoms with Crippen molar-refractivity contribution < 1.29 is 0 Å². The lowest BCUT2D eigenvalue weighted by Gasteiger charge is -2.61. The maximum Gasteiger partial charge on any atom is 0.0921 e. The zero-order valence-electron chi connectivity index (χ0n) is 21.7. The molecule has 0 aliphatic heterocycles. The van der Waals surface area contributed by atoms with Crippen LogP contribution in [0.5, 0.6) is 0 Å². The van der Waals surface area contributed by atoms with Crippen LogP contribution in [0.25, 0.3) is 0 Å². The molecule has 9 atom stereocenters. The maximum atomic E-state index is 4.32. The molecule has 2 nitrogen and oxygen atoms in total. The molecule has 1 N–H and O–H groups in total. The minimum absolute atomic E-state index is 0.599. The van der Waals surface area contributed by atoms with E-state index in [-0.39, 0.29) is 0 Å². The lowest BCUT2D eigenvalue weighted by molar-refractivity contribution is -0.117. The minimum atomic E-state index is 0.599. The van der Waals surface area contributed by atoms with Gasteiger partial charge in [-0.1, -0.05) is 53.9 Å². The highest BCUT2D eigenvalue weighted by atomic mass is 14.9. The average molecular weight is 439 g/mol. The van der Waals surface area contributed by atoms with Crippen LogP contribution >= 0.6 is 0 Å². The molecule has 0 aromatic carbocycles. The van der Waals surface area contributed by atoms with Crippen LogP contribution in [0.4, 0.5) is 0 Å². The lowest BCUT2D eigenvalue weighted by Crippen LogP contribution is -2.53. The van der Waals surface area contributed by atoms with E-state index in [4.69, 9.17) is 0 Å². The van der Waals surface area contributed by atoms with E-state index in [2.05, 4.69) is 50.8 Å². The highest BCUT2D eigenvalue weighted by Crippen LogP contribution is 2.69. The predicted octanol–water partition coefficient (Wildman–Crippen LogP) is 8.61. The molecule has 180 valence electrons. The fourth-order valence-electron chi connectivity index (χ4n) is 10.1. The third-order valence-corrected chi connectivity index (χ3v) is 11.8. The normalized spacial score (nSPS) is 44.7. The molecule has 5 unspecified atom stereocenters. The molecule has 4 aliphatic rings. The molecule has 2 heteroatoms. The average Bonchev–Trinajstić information content (AvgIpc) is 3.40. The van der Waals surface area contributed by atoms with Crippen molar-refractivity contribution in [2.45, 2.75) is 118 Å². The van der Waals surface area contributed by atoms with Crippen LogP contribution in [0, 0.1) is 52.3 Å². The summed E-state index contributed by atoms with van der Waals surface area (Å²) in [6.45, 7) is 12.9. The second-order valence-corrected chi connectivity index (χ2v) is 13.7. The van der Waals surface area contributed by atoms with Crippen LogP contribution in [-0.4, -0.2) is 9.97 Å². The van der Waals surface area contributed by atoms with E-state index in [9.17, 15) is 0 Å². The molecule has 5 rings (SSSR count). The Hall–Kier alpha value is -0.790. The lowest BCUT2D eigenvalue weighted by atomic mass is 9.44. The summed E-state index contributed by atoms with van der Waals surface area (Å²) in [5, 5.41) is 0. The van der Waals surface area contributed by atoms with Gasteiger partial charge in [0.25, 0.3) is 0 Å². The van der Waals surface area contributed by atoms with Crippen LogP contribution in [0.15, 0.2) is 12.5 Å². The van der Waals surface area contributed by atoms with E-state index in [1.54, 1.807) is 0 Å². The van der Waals surface area contributed by atoms with Gasteiger partial charge in [-0.3, -0.25) is 0 Å². The molecule has 32 heavy (non-hydrogen) atoms. The number of rotatable bonds is 6. The Morgan fingerprint density at radius 3 is 2.47 bits per heavy atom. The van der Waals surface area contributed by atoms with Gasteiger partial charge in [-0.25, -0.2) is 4.98 Å². The maximum absolute atomic E-state index is 4.32. The van der Waals surface area contributed by atoms with E-state index >= 15 is 0 Å². The number of aromatic amines is 1. The van der Waals surface area contributed by atoms with Crippen molar-refractivity contribution >= 4 is 0 Å². The molecule has 1 heterocycles. The SMILES string of the molecule is CC(C)CCC[C@@H](C)[C@H]1CCC2C3CCC4CC(c5cnc[nH]5)CC[C@]4(C)C3CC[C@@]21C. The summed E-state index contributed by atoms with van der Waals surface area (Å²) in [6, 6.07) is 0. The minimum Gasteiger partial charge on any atom is -0.348 e. The molecule has 0 spiro atoms. The van der Waals surface area contributed by atoms with Gasteiger partial charge < -0.3 is 4.98 Å². The Morgan fingerprint density at radius 1 is 0.938 bits per heavy atom. The Morgan fingerprint density at radius 2 is 1.72 bits per heavy atom. The number of H-pyrrole nitrogens is 1. The molecule has 4 saturated carbocycles. The first kappa shape index (κ1) is 23.0. The van der Waals surface area contributed by atoms with Gasteiger partial charge in [0, 0.05) is 17.8 Å². The third kappa shape index (κ3) is 3.80. The van der Waals surface area contributed by atoms with Crippen LogP contribution in [0.1, 0.15) is 123 Å².